The number of carbonyl (C=O) groups is 1. The zero-order valence-corrected chi connectivity index (χ0v) is 6.47. The lowest BCUT2D eigenvalue weighted by molar-refractivity contribution is -0.139. The summed E-state index contributed by atoms with van der Waals surface area (Å²) < 4.78 is 0. The molecular weight excluding hydrogens is 162 g/mol. The number of hydrogen-bond acceptors (Lipinski definition) is 3. The van der Waals surface area contributed by atoms with Crippen LogP contribution in [-0.4, -0.2) is 23.7 Å². The lowest BCUT2D eigenvalue weighted by atomic mass is 10.2. The Morgan fingerprint density at radius 3 is 2.92 bits per heavy atom. The third kappa shape index (κ3) is 4.37. The first-order chi connectivity index (χ1) is 5.72. The fourth-order valence-corrected chi connectivity index (χ4v) is 0.661. The van der Waals surface area contributed by atoms with Crippen LogP contribution in [0.2, 0.25) is 0 Å². The highest BCUT2D eigenvalue weighted by molar-refractivity contribution is 5.73. The van der Waals surface area contributed by atoms with Crippen molar-refractivity contribution in [2.24, 2.45) is 11.0 Å². The van der Waals surface area contributed by atoms with E-state index < -0.39 is 12.0 Å². The summed E-state index contributed by atoms with van der Waals surface area (Å²) in [6, 6.07) is -0.843. The Morgan fingerprint density at radius 2 is 2.50 bits per heavy atom. The van der Waals surface area contributed by atoms with Crippen molar-refractivity contribution in [1.82, 2.24) is 5.43 Å². The molecule has 0 spiro atoms. The molecule has 0 aliphatic carbocycles. The molecule has 7 heteroatoms. The minimum atomic E-state index is -1.05. The van der Waals surface area contributed by atoms with E-state index in [4.69, 9.17) is 16.4 Å². The first-order valence-electron chi connectivity index (χ1n) is 3.45. The van der Waals surface area contributed by atoms with Crippen molar-refractivity contribution in [1.29, 1.82) is 0 Å². The van der Waals surface area contributed by atoms with Gasteiger partial charge in [0.15, 0.2) is 6.04 Å². The van der Waals surface area contributed by atoms with E-state index in [-0.39, 0.29) is 0 Å². The molecule has 0 unspecified atom stereocenters. The van der Waals surface area contributed by atoms with Crippen molar-refractivity contribution < 1.29 is 9.90 Å². The molecular formula is C5H11N5O2. The number of nitrogens with one attached hydrogen (secondary N) is 1. The van der Waals surface area contributed by atoms with Gasteiger partial charge in [0.1, 0.15) is 0 Å². The van der Waals surface area contributed by atoms with Crippen LogP contribution in [-0.2, 0) is 4.79 Å². The number of nitrogens with two attached hydrogens (primary N) is 1. The Hall–Kier alpha value is -1.46. The molecule has 0 heterocycles. The maximum Gasteiger partial charge on any atom is 0.349 e. The number of hydrogen-bond donors (Lipinski definition) is 3. The molecule has 0 aliphatic rings. The SMILES string of the molecule is [N-]=[N+]=NN[C@H](CCCN)C(=O)O. The number of aliphatic carboxylic acids is 1. The summed E-state index contributed by atoms with van der Waals surface area (Å²) in [6.45, 7) is 0.418. The molecule has 0 aromatic heterocycles. The van der Waals surface area contributed by atoms with E-state index in [0.717, 1.165) is 0 Å². The van der Waals surface area contributed by atoms with Gasteiger partial charge in [0.05, 0.1) is 0 Å². The van der Waals surface area contributed by atoms with Crippen LogP contribution >= 0.6 is 0 Å². The first-order valence-corrected chi connectivity index (χ1v) is 3.45. The molecule has 0 aromatic rings. The van der Waals surface area contributed by atoms with Gasteiger partial charge in [-0.05, 0) is 18.2 Å². The van der Waals surface area contributed by atoms with Crippen LogP contribution in [0.5, 0.6) is 0 Å². The van der Waals surface area contributed by atoms with Crippen LogP contribution in [0.25, 0.3) is 10.4 Å². The number of nitrogens with zero attached hydrogens (tertiary/aromatic N) is 3. The molecule has 12 heavy (non-hydrogen) atoms. The van der Waals surface area contributed by atoms with Crippen LogP contribution in [0.1, 0.15) is 12.8 Å². The van der Waals surface area contributed by atoms with Gasteiger partial charge in [-0.25, -0.2) is 10.2 Å². The fraction of sp³-hybridized carbons (Fsp3) is 0.800. The van der Waals surface area contributed by atoms with Crippen molar-refractivity contribution in [2.45, 2.75) is 18.9 Å². The molecule has 7 nitrogen and oxygen atoms in total. The maximum atomic E-state index is 10.4. The van der Waals surface area contributed by atoms with Crippen LogP contribution in [0, 0.1) is 0 Å². The standard InChI is InChI=1S/C5H11N5O2/c6-3-1-2-4(5(11)12)8-10-9-7/h4,8H,1-3,6H2,(H,11,12)/t4-/m1/s1. The van der Waals surface area contributed by atoms with Gasteiger partial charge in [-0.2, -0.15) is 4.91 Å². The quantitative estimate of drug-likeness (QED) is 0.226. The van der Waals surface area contributed by atoms with Gasteiger partial charge >= 0.3 is 5.97 Å². The predicted molar refractivity (Wildman–Crippen MR) is 42.0 cm³/mol. The summed E-state index contributed by atoms with van der Waals surface area (Å²) in [5.41, 5.74) is 15.2. The summed E-state index contributed by atoms with van der Waals surface area (Å²) in [6.07, 6.45) is 0.926. The van der Waals surface area contributed by atoms with Crippen molar-refractivity contribution in [3.63, 3.8) is 0 Å². The van der Waals surface area contributed by atoms with E-state index in [2.05, 4.69) is 15.6 Å². The number of carboxylic acid groups (broad SMARTS) is 1. The molecule has 0 bridgehead atoms. The summed E-state index contributed by atoms with van der Waals surface area (Å²) >= 11 is 0. The second-order valence-corrected chi connectivity index (χ2v) is 2.14. The predicted octanol–water partition coefficient (Wildman–Crippen LogP) is -0.00660. The van der Waals surface area contributed by atoms with Crippen molar-refractivity contribution in [2.75, 3.05) is 6.54 Å². The lowest BCUT2D eigenvalue weighted by Crippen LogP contribution is -2.33. The zero-order valence-electron chi connectivity index (χ0n) is 6.47. The van der Waals surface area contributed by atoms with Gasteiger partial charge in [0, 0.05) is 6.42 Å². The van der Waals surface area contributed by atoms with E-state index in [9.17, 15) is 4.79 Å². The van der Waals surface area contributed by atoms with Crippen LogP contribution in [0.3, 0.4) is 0 Å². The largest absolute Gasteiger partial charge is 0.478 e. The molecule has 1 atom stereocenters. The van der Waals surface area contributed by atoms with Gasteiger partial charge in [0.2, 0.25) is 0 Å². The fourth-order valence-electron chi connectivity index (χ4n) is 0.661. The second-order valence-electron chi connectivity index (χ2n) is 2.14. The average Bonchev–Trinajstić information content (AvgIpc) is 2.04. The number of carboxylic acids is 1. The van der Waals surface area contributed by atoms with Gasteiger partial charge in [0.25, 0.3) is 0 Å². The molecule has 0 aromatic carbocycles. The Balaban J connectivity index is 3.86. The van der Waals surface area contributed by atoms with Crippen LogP contribution in [0.15, 0.2) is 5.22 Å². The number of rotatable bonds is 6. The van der Waals surface area contributed by atoms with E-state index in [1.54, 1.807) is 0 Å². The maximum absolute atomic E-state index is 10.4. The highest BCUT2D eigenvalue weighted by Crippen LogP contribution is 1.95. The monoisotopic (exact) mass is 173 g/mol. The molecule has 4 N–H and O–H groups in total. The molecule has 0 fully saturated rings. The highest BCUT2D eigenvalue weighted by atomic mass is 16.4. The summed E-state index contributed by atoms with van der Waals surface area (Å²) in [7, 11) is 0. The molecule has 0 rings (SSSR count). The Kier molecular flexibility index (Phi) is 5.50. The van der Waals surface area contributed by atoms with E-state index in [1.807, 2.05) is 0 Å². The molecule has 0 saturated heterocycles. The van der Waals surface area contributed by atoms with E-state index >= 15 is 0 Å². The molecule has 0 radical (unpaired) electrons. The molecule has 68 valence electrons. The average molecular weight is 173 g/mol. The third-order valence-corrected chi connectivity index (χ3v) is 1.25. The number of azide groups is 1. The van der Waals surface area contributed by atoms with Gasteiger partial charge < -0.3 is 10.8 Å². The van der Waals surface area contributed by atoms with Gasteiger partial charge in [-0.1, -0.05) is 0 Å². The third-order valence-electron chi connectivity index (χ3n) is 1.25. The smallest absolute Gasteiger partial charge is 0.349 e. The summed E-state index contributed by atoms with van der Waals surface area (Å²) in [5, 5.41) is 11.5. The Labute approximate surface area is 69.1 Å². The normalized spacial score (nSPS) is 11.4. The van der Waals surface area contributed by atoms with Gasteiger partial charge in [-0.3, -0.25) is 0 Å². The first kappa shape index (κ1) is 10.5. The van der Waals surface area contributed by atoms with Crippen molar-refractivity contribution in [3.8, 4) is 0 Å². The minimum absolute atomic E-state index is 0.352. The van der Waals surface area contributed by atoms with Gasteiger partial charge in [-0.15, -0.1) is 5.53 Å². The zero-order chi connectivity index (χ0) is 9.40. The Bertz CT molecular complexity index is 188. The van der Waals surface area contributed by atoms with E-state index in [0.29, 0.717) is 19.4 Å². The molecule has 0 aliphatic heterocycles. The molecule has 0 amide bonds. The Morgan fingerprint density at radius 1 is 1.83 bits per heavy atom. The summed E-state index contributed by atoms with van der Waals surface area (Å²) in [5.74, 6) is -1.05. The summed E-state index contributed by atoms with van der Waals surface area (Å²) in [4.78, 5) is 12.8. The van der Waals surface area contributed by atoms with Crippen molar-refractivity contribution >= 4 is 5.97 Å². The minimum Gasteiger partial charge on any atom is -0.478 e. The van der Waals surface area contributed by atoms with Crippen molar-refractivity contribution in [3.05, 3.63) is 10.4 Å². The second kappa shape index (κ2) is 6.26. The van der Waals surface area contributed by atoms with Crippen LogP contribution < -0.4 is 11.2 Å². The topological polar surface area (TPSA) is 124 Å². The van der Waals surface area contributed by atoms with E-state index in [1.165, 1.54) is 0 Å². The highest BCUT2D eigenvalue weighted by Gasteiger charge is 2.17. The van der Waals surface area contributed by atoms with Crippen LogP contribution in [0.4, 0.5) is 0 Å². The molecule has 0 saturated carbocycles. The lowest BCUT2D eigenvalue weighted by Gasteiger charge is -2.05.